The number of hydrogen-bond acceptors (Lipinski definition) is 5. The Morgan fingerprint density at radius 1 is 0.919 bits per heavy atom. The van der Waals surface area contributed by atoms with E-state index in [-0.39, 0.29) is 41.1 Å². The first kappa shape index (κ1) is 24.6. The summed E-state index contributed by atoms with van der Waals surface area (Å²) in [6.45, 7) is 0.134. The van der Waals surface area contributed by atoms with Gasteiger partial charge in [-0.3, -0.25) is 9.78 Å². The molecule has 37 heavy (non-hydrogen) atoms. The van der Waals surface area contributed by atoms with E-state index in [0.717, 1.165) is 26.9 Å². The Hall–Kier alpha value is -4.05. The van der Waals surface area contributed by atoms with Gasteiger partial charge in [-0.15, -0.1) is 0 Å². The second kappa shape index (κ2) is 9.78. The summed E-state index contributed by atoms with van der Waals surface area (Å²) in [7, 11) is 0. The van der Waals surface area contributed by atoms with Crippen LogP contribution in [0.15, 0.2) is 90.0 Å². The number of hydrogen-bond donors (Lipinski definition) is 1. The standard InChI is InChI=1S/C27H20F3N3O3S/c28-27(29,30)37-21-11-7-19(8-12-21)33-25(35)24(15-17-5-9-20(34)10-6-17)32(26(33)36)16-18-13-14-31-23-4-2-1-3-22(18)23/h1-14,24,34H,15-16H2. The fourth-order valence-corrected chi connectivity index (χ4v) is 4.92. The van der Waals surface area contributed by atoms with Crippen molar-refractivity contribution in [2.24, 2.45) is 0 Å². The van der Waals surface area contributed by atoms with Crippen molar-refractivity contribution in [1.29, 1.82) is 0 Å². The first-order valence-corrected chi connectivity index (χ1v) is 12.1. The normalized spacial score (nSPS) is 16.1. The Kier molecular flexibility index (Phi) is 6.51. The van der Waals surface area contributed by atoms with Gasteiger partial charge in [0.25, 0.3) is 5.91 Å². The Morgan fingerprint density at radius 3 is 2.32 bits per heavy atom. The number of urea groups is 1. The first-order valence-electron chi connectivity index (χ1n) is 11.3. The summed E-state index contributed by atoms with van der Waals surface area (Å²) in [5, 5.41) is 10.5. The van der Waals surface area contributed by atoms with Crippen molar-refractivity contribution in [2.45, 2.75) is 29.4 Å². The minimum atomic E-state index is -4.44. The number of thioether (sulfide) groups is 1. The summed E-state index contributed by atoms with van der Waals surface area (Å²) >= 11 is -0.265. The van der Waals surface area contributed by atoms with Crippen LogP contribution in [-0.4, -0.2) is 38.5 Å². The zero-order valence-electron chi connectivity index (χ0n) is 19.2. The number of rotatable bonds is 6. The number of nitrogens with zero attached hydrogens (tertiary/aromatic N) is 3. The van der Waals surface area contributed by atoms with Gasteiger partial charge in [-0.1, -0.05) is 30.3 Å². The SMILES string of the molecule is O=C1C(Cc2ccc(O)cc2)N(Cc2ccnc3ccccc23)C(=O)N1c1ccc(SC(F)(F)F)cc1. The molecule has 4 aromatic rings. The maximum Gasteiger partial charge on any atom is 0.446 e. The molecule has 0 aliphatic carbocycles. The van der Waals surface area contributed by atoms with Crippen LogP contribution in [-0.2, 0) is 17.8 Å². The number of anilines is 1. The molecule has 1 unspecified atom stereocenters. The van der Waals surface area contributed by atoms with Gasteiger partial charge in [0.2, 0.25) is 0 Å². The van der Waals surface area contributed by atoms with Crippen molar-refractivity contribution < 1.29 is 27.9 Å². The van der Waals surface area contributed by atoms with E-state index < -0.39 is 23.5 Å². The van der Waals surface area contributed by atoms with Crippen LogP contribution in [0.5, 0.6) is 5.75 Å². The second-order valence-electron chi connectivity index (χ2n) is 8.50. The van der Waals surface area contributed by atoms with Gasteiger partial charge in [-0.25, -0.2) is 9.69 Å². The Bertz CT molecular complexity index is 1450. The molecule has 1 aliphatic rings. The summed E-state index contributed by atoms with van der Waals surface area (Å²) in [4.78, 5) is 34.0. The Labute approximate surface area is 214 Å². The maximum atomic E-state index is 13.6. The number of aromatic nitrogens is 1. The van der Waals surface area contributed by atoms with Crippen LogP contribution in [0.4, 0.5) is 23.7 Å². The smallest absolute Gasteiger partial charge is 0.446 e. The highest BCUT2D eigenvalue weighted by Crippen LogP contribution is 2.38. The molecule has 188 valence electrons. The van der Waals surface area contributed by atoms with Crippen molar-refractivity contribution in [3.8, 4) is 5.75 Å². The number of phenolic OH excluding ortho intramolecular Hbond substituents is 1. The van der Waals surface area contributed by atoms with Crippen LogP contribution >= 0.6 is 11.8 Å². The average molecular weight is 524 g/mol. The van der Waals surface area contributed by atoms with Crippen LogP contribution in [0.25, 0.3) is 10.9 Å². The van der Waals surface area contributed by atoms with Gasteiger partial charge in [0.1, 0.15) is 11.8 Å². The van der Waals surface area contributed by atoms with Gasteiger partial charge >= 0.3 is 11.5 Å². The third-order valence-electron chi connectivity index (χ3n) is 6.09. The average Bonchev–Trinajstić information content (AvgIpc) is 3.09. The number of aromatic hydroxyl groups is 1. The number of benzene rings is 3. The highest BCUT2D eigenvalue weighted by Gasteiger charge is 2.46. The van der Waals surface area contributed by atoms with Crippen LogP contribution in [0.1, 0.15) is 11.1 Å². The van der Waals surface area contributed by atoms with Gasteiger partial charge in [-0.2, -0.15) is 13.2 Å². The predicted octanol–water partition coefficient (Wildman–Crippen LogP) is 6.13. The van der Waals surface area contributed by atoms with Gasteiger partial charge < -0.3 is 10.0 Å². The monoisotopic (exact) mass is 523 g/mol. The van der Waals surface area contributed by atoms with E-state index in [9.17, 15) is 27.9 Å². The number of alkyl halides is 3. The van der Waals surface area contributed by atoms with Crippen LogP contribution < -0.4 is 4.90 Å². The number of halogens is 3. The lowest BCUT2D eigenvalue weighted by atomic mass is 10.0. The molecule has 0 radical (unpaired) electrons. The third kappa shape index (κ3) is 5.24. The second-order valence-corrected chi connectivity index (χ2v) is 9.64. The topological polar surface area (TPSA) is 73.7 Å². The Morgan fingerprint density at radius 2 is 1.62 bits per heavy atom. The van der Waals surface area contributed by atoms with E-state index in [0.29, 0.717) is 0 Å². The molecule has 6 nitrogen and oxygen atoms in total. The van der Waals surface area contributed by atoms with Gasteiger partial charge in [0, 0.05) is 29.4 Å². The molecule has 0 saturated carbocycles. The summed E-state index contributed by atoms with van der Waals surface area (Å²) in [5.41, 5.74) is -1.95. The molecule has 1 aromatic heterocycles. The van der Waals surface area contributed by atoms with E-state index in [1.54, 1.807) is 24.4 Å². The van der Waals surface area contributed by atoms with E-state index in [1.165, 1.54) is 41.3 Å². The number of para-hydroxylation sites is 1. The van der Waals surface area contributed by atoms with Crippen molar-refractivity contribution in [1.82, 2.24) is 9.88 Å². The fourth-order valence-electron chi connectivity index (χ4n) is 4.38. The predicted molar refractivity (Wildman–Crippen MR) is 134 cm³/mol. The number of fused-ring (bicyclic) bond motifs is 1. The minimum Gasteiger partial charge on any atom is -0.508 e. The van der Waals surface area contributed by atoms with Crippen molar-refractivity contribution in [3.05, 3.63) is 96.2 Å². The molecular weight excluding hydrogens is 503 g/mol. The molecule has 0 spiro atoms. The minimum absolute atomic E-state index is 0.0453. The van der Waals surface area contributed by atoms with Crippen LogP contribution in [0.2, 0.25) is 0 Å². The molecule has 1 saturated heterocycles. The number of carbonyl (C=O) groups is 2. The van der Waals surface area contributed by atoms with Crippen LogP contribution in [0.3, 0.4) is 0 Å². The molecule has 0 bridgehead atoms. The third-order valence-corrected chi connectivity index (χ3v) is 6.83. The lowest BCUT2D eigenvalue weighted by Crippen LogP contribution is -2.36. The van der Waals surface area contributed by atoms with Gasteiger partial charge in [-0.05, 0) is 71.4 Å². The lowest BCUT2D eigenvalue weighted by Gasteiger charge is -2.23. The highest BCUT2D eigenvalue weighted by molar-refractivity contribution is 8.00. The molecule has 3 amide bonds. The zero-order chi connectivity index (χ0) is 26.2. The molecule has 1 aliphatic heterocycles. The number of phenols is 1. The molecule has 1 N–H and O–H groups in total. The molecule has 1 atom stereocenters. The maximum absolute atomic E-state index is 13.6. The van der Waals surface area contributed by atoms with E-state index >= 15 is 0 Å². The highest BCUT2D eigenvalue weighted by atomic mass is 32.2. The van der Waals surface area contributed by atoms with E-state index in [4.69, 9.17) is 0 Å². The van der Waals surface area contributed by atoms with Crippen molar-refractivity contribution in [3.63, 3.8) is 0 Å². The first-order chi connectivity index (χ1) is 17.7. The number of pyridine rings is 1. The van der Waals surface area contributed by atoms with Crippen molar-refractivity contribution >= 4 is 40.3 Å². The molecule has 5 rings (SSSR count). The molecular formula is C27H20F3N3O3S. The largest absolute Gasteiger partial charge is 0.508 e. The van der Waals surface area contributed by atoms with Gasteiger partial charge in [0.05, 0.1) is 11.2 Å². The number of imide groups is 1. The van der Waals surface area contributed by atoms with Crippen molar-refractivity contribution in [2.75, 3.05) is 4.90 Å². The summed E-state index contributed by atoms with van der Waals surface area (Å²) in [6, 6.07) is 19.4. The quantitative estimate of drug-likeness (QED) is 0.243. The summed E-state index contributed by atoms with van der Waals surface area (Å²) in [5.74, 6) is -0.399. The Balaban J connectivity index is 1.49. The van der Waals surface area contributed by atoms with Crippen LogP contribution in [0, 0.1) is 0 Å². The molecule has 1 fully saturated rings. The lowest BCUT2D eigenvalue weighted by molar-refractivity contribution is -0.119. The van der Waals surface area contributed by atoms with Gasteiger partial charge in [0.15, 0.2) is 0 Å². The number of carbonyl (C=O) groups excluding carboxylic acids is 2. The molecule has 10 heteroatoms. The number of amides is 3. The van der Waals surface area contributed by atoms with E-state index in [2.05, 4.69) is 4.98 Å². The van der Waals surface area contributed by atoms with E-state index in [1.807, 2.05) is 24.3 Å². The summed E-state index contributed by atoms with van der Waals surface area (Å²) < 4.78 is 38.2. The fraction of sp³-hybridized carbons (Fsp3) is 0.148. The zero-order valence-corrected chi connectivity index (χ0v) is 20.0. The summed E-state index contributed by atoms with van der Waals surface area (Å²) in [6.07, 6.45) is 1.84. The molecule has 3 aromatic carbocycles. The molecule has 2 heterocycles.